The SMILES string of the molecule is C#CC(=O)N(C1(C(=O)NCc2ccccc2)CCOCC1)C1(c2ccccc2)CC1. The number of hydrogen-bond acceptors (Lipinski definition) is 3. The Hall–Kier alpha value is -3.10. The zero-order chi connectivity index (χ0) is 21.0. The number of carbonyl (C=O) groups is 2. The van der Waals surface area contributed by atoms with Crippen LogP contribution in [0.2, 0.25) is 0 Å². The number of nitrogens with one attached hydrogen (secondary N) is 1. The maximum absolute atomic E-state index is 13.6. The van der Waals surface area contributed by atoms with Gasteiger partial charge in [-0.1, -0.05) is 60.7 Å². The van der Waals surface area contributed by atoms with E-state index in [1.54, 1.807) is 4.90 Å². The summed E-state index contributed by atoms with van der Waals surface area (Å²) in [5.41, 5.74) is 0.469. The van der Waals surface area contributed by atoms with E-state index in [0.29, 0.717) is 32.6 Å². The molecule has 1 saturated heterocycles. The van der Waals surface area contributed by atoms with Gasteiger partial charge < -0.3 is 15.0 Å². The fourth-order valence-corrected chi connectivity index (χ4v) is 4.58. The number of hydrogen-bond donors (Lipinski definition) is 1. The van der Waals surface area contributed by atoms with Crippen molar-refractivity contribution >= 4 is 11.8 Å². The minimum absolute atomic E-state index is 0.166. The Kier molecular flexibility index (Phi) is 5.61. The molecule has 1 heterocycles. The van der Waals surface area contributed by atoms with Crippen molar-refractivity contribution in [1.82, 2.24) is 10.2 Å². The van der Waals surface area contributed by atoms with Crippen LogP contribution in [0.3, 0.4) is 0 Å². The molecular formula is C25H26N2O3. The van der Waals surface area contributed by atoms with E-state index in [-0.39, 0.29) is 5.91 Å². The minimum atomic E-state index is -1.02. The van der Waals surface area contributed by atoms with Gasteiger partial charge in [0.05, 0.1) is 5.54 Å². The van der Waals surface area contributed by atoms with Crippen LogP contribution in [0.25, 0.3) is 0 Å². The van der Waals surface area contributed by atoms with Crippen LogP contribution in [0.15, 0.2) is 60.7 Å². The fourth-order valence-electron chi connectivity index (χ4n) is 4.58. The molecule has 5 nitrogen and oxygen atoms in total. The third-order valence-corrected chi connectivity index (χ3v) is 6.26. The normalized spacial score (nSPS) is 18.6. The summed E-state index contributed by atoms with van der Waals surface area (Å²) < 4.78 is 5.57. The summed E-state index contributed by atoms with van der Waals surface area (Å²) in [6.45, 7) is 1.23. The van der Waals surface area contributed by atoms with Crippen molar-refractivity contribution in [3.8, 4) is 12.3 Å². The molecule has 2 aromatic rings. The van der Waals surface area contributed by atoms with Gasteiger partial charge in [-0.15, -0.1) is 6.42 Å². The summed E-state index contributed by atoms with van der Waals surface area (Å²) in [5, 5.41) is 3.06. The van der Waals surface area contributed by atoms with Gasteiger partial charge in [0.2, 0.25) is 5.91 Å². The van der Waals surface area contributed by atoms with E-state index < -0.39 is 17.0 Å². The van der Waals surface area contributed by atoms with Gasteiger partial charge in [0.15, 0.2) is 0 Å². The van der Waals surface area contributed by atoms with Crippen LogP contribution < -0.4 is 5.32 Å². The quantitative estimate of drug-likeness (QED) is 0.756. The van der Waals surface area contributed by atoms with Gasteiger partial charge in [0, 0.05) is 32.6 Å². The zero-order valence-electron chi connectivity index (χ0n) is 17.0. The minimum Gasteiger partial charge on any atom is -0.381 e. The number of nitrogens with zero attached hydrogens (tertiary/aromatic N) is 1. The summed E-state index contributed by atoms with van der Waals surface area (Å²) in [6.07, 6.45) is 8.04. The molecule has 2 aromatic carbocycles. The number of carbonyl (C=O) groups excluding carboxylic acids is 2. The highest BCUT2D eigenvalue weighted by atomic mass is 16.5. The molecule has 2 amide bonds. The average Bonchev–Trinajstić information content (AvgIpc) is 3.61. The molecule has 1 aliphatic carbocycles. The van der Waals surface area contributed by atoms with Gasteiger partial charge in [0.1, 0.15) is 5.54 Å². The van der Waals surface area contributed by atoms with E-state index in [1.807, 2.05) is 60.7 Å². The van der Waals surface area contributed by atoms with Gasteiger partial charge in [-0.25, -0.2) is 0 Å². The first-order valence-electron chi connectivity index (χ1n) is 10.4. The summed E-state index contributed by atoms with van der Waals surface area (Å²) in [4.78, 5) is 28.5. The molecule has 1 aliphatic heterocycles. The molecule has 0 radical (unpaired) electrons. The van der Waals surface area contributed by atoms with Crippen LogP contribution in [-0.4, -0.2) is 35.5 Å². The van der Waals surface area contributed by atoms with Crippen molar-refractivity contribution < 1.29 is 14.3 Å². The Balaban J connectivity index is 1.70. The predicted molar refractivity (Wildman–Crippen MR) is 114 cm³/mol. The van der Waals surface area contributed by atoms with Crippen LogP contribution in [0.4, 0.5) is 0 Å². The second-order valence-electron chi connectivity index (χ2n) is 7.99. The third-order valence-electron chi connectivity index (χ3n) is 6.26. The molecule has 0 spiro atoms. The summed E-state index contributed by atoms with van der Waals surface area (Å²) in [7, 11) is 0. The van der Waals surface area contributed by atoms with Gasteiger partial charge in [-0.05, 0) is 29.9 Å². The lowest BCUT2D eigenvalue weighted by atomic mass is 9.83. The number of rotatable bonds is 6. The Labute approximate surface area is 177 Å². The van der Waals surface area contributed by atoms with Gasteiger partial charge in [-0.2, -0.15) is 0 Å². The monoisotopic (exact) mass is 402 g/mol. The van der Waals surface area contributed by atoms with Crippen molar-refractivity contribution in [1.29, 1.82) is 0 Å². The van der Waals surface area contributed by atoms with E-state index >= 15 is 0 Å². The molecule has 0 atom stereocenters. The molecule has 30 heavy (non-hydrogen) atoms. The molecular weight excluding hydrogens is 376 g/mol. The van der Waals surface area contributed by atoms with E-state index in [2.05, 4.69) is 11.2 Å². The number of amides is 2. The Bertz CT molecular complexity index is 939. The maximum Gasteiger partial charge on any atom is 0.299 e. The second kappa shape index (κ2) is 8.33. The van der Waals surface area contributed by atoms with Crippen molar-refractivity contribution in [3.63, 3.8) is 0 Å². The van der Waals surface area contributed by atoms with Gasteiger partial charge >= 0.3 is 0 Å². The summed E-state index contributed by atoms with van der Waals surface area (Å²) >= 11 is 0. The Morgan fingerprint density at radius 3 is 2.13 bits per heavy atom. The Morgan fingerprint density at radius 1 is 0.967 bits per heavy atom. The number of benzene rings is 2. The van der Waals surface area contributed by atoms with E-state index in [4.69, 9.17) is 11.2 Å². The van der Waals surface area contributed by atoms with E-state index in [1.165, 1.54) is 0 Å². The first-order valence-corrected chi connectivity index (χ1v) is 10.4. The standard InChI is InChI=1S/C25H26N2O3/c1-2-22(28)27(24(13-14-24)21-11-7-4-8-12-21)25(15-17-30-18-16-25)23(29)26-19-20-9-5-3-6-10-20/h1,3-12H,13-19H2,(H,26,29). The van der Waals surface area contributed by atoms with E-state index in [0.717, 1.165) is 24.0 Å². The number of ether oxygens (including phenoxy) is 1. The average molecular weight is 402 g/mol. The van der Waals surface area contributed by atoms with Crippen molar-refractivity contribution in [2.24, 2.45) is 0 Å². The molecule has 0 aromatic heterocycles. The highest BCUT2D eigenvalue weighted by Crippen LogP contribution is 2.55. The summed E-state index contributed by atoms with van der Waals surface area (Å²) in [6, 6.07) is 19.6. The summed E-state index contributed by atoms with van der Waals surface area (Å²) in [5.74, 6) is 1.69. The smallest absolute Gasteiger partial charge is 0.299 e. The lowest BCUT2D eigenvalue weighted by Crippen LogP contribution is -2.65. The molecule has 2 fully saturated rings. The lowest BCUT2D eigenvalue weighted by Gasteiger charge is -2.48. The number of terminal acetylenes is 1. The van der Waals surface area contributed by atoms with Crippen molar-refractivity contribution in [2.75, 3.05) is 13.2 Å². The maximum atomic E-state index is 13.6. The largest absolute Gasteiger partial charge is 0.381 e. The molecule has 5 heteroatoms. The van der Waals surface area contributed by atoms with Crippen molar-refractivity contribution in [2.45, 2.75) is 43.3 Å². The Morgan fingerprint density at radius 2 is 1.57 bits per heavy atom. The van der Waals surface area contributed by atoms with Gasteiger partial charge in [-0.3, -0.25) is 9.59 Å². The van der Waals surface area contributed by atoms with Crippen LogP contribution in [-0.2, 0) is 26.4 Å². The first kappa shape index (κ1) is 20.2. The molecule has 2 aliphatic rings. The molecule has 4 rings (SSSR count). The first-order chi connectivity index (χ1) is 14.6. The van der Waals surface area contributed by atoms with Crippen LogP contribution in [0, 0.1) is 12.3 Å². The van der Waals surface area contributed by atoms with Crippen molar-refractivity contribution in [3.05, 3.63) is 71.8 Å². The molecule has 0 unspecified atom stereocenters. The molecule has 154 valence electrons. The molecule has 1 saturated carbocycles. The topological polar surface area (TPSA) is 58.6 Å². The fraction of sp³-hybridized carbons (Fsp3) is 0.360. The van der Waals surface area contributed by atoms with Crippen LogP contribution in [0.1, 0.15) is 36.8 Å². The highest BCUT2D eigenvalue weighted by molar-refractivity contribution is 5.99. The lowest BCUT2D eigenvalue weighted by molar-refractivity contribution is -0.157. The third kappa shape index (κ3) is 3.59. The van der Waals surface area contributed by atoms with Gasteiger partial charge in [0.25, 0.3) is 5.91 Å². The molecule has 0 bridgehead atoms. The highest BCUT2D eigenvalue weighted by Gasteiger charge is 2.61. The predicted octanol–water partition coefficient (Wildman–Crippen LogP) is 3.00. The van der Waals surface area contributed by atoms with Crippen LogP contribution >= 0.6 is 0 Å². The van der Waals surface area contributed by atoms with Crippen LogP contribution in [0.5, 0.6) is 0 Å². The zero-order valence-corrected chi connectivity index (χ0v) is 17.0. The van der Waals surface area contributed by atoms with E-state index in [9.17, 15) is 9.59 Å². The molecule has 1 N–H and O–H groups in total. The second-order valence-corrected chi connectivity index (χ2v) is 7.99.